The van der Waals surface area contributed by atoms with E-state index in [1.165, 1.54) is 6.42 Å². The molecular formula is C18H22N4O. The maximum Gasteiger partial charge on any atom is 0.220 e. The van der Waals surface area contributed by atoms with E-state index in [4.69, 9.17) is 6.42 Å². The van der Waals surface area contributed by atoms with Gasteiger partial charge in [0, 0.05) is 31.9 Å². The molecule has 1 fully saturated rings. The van der Waals surface area contributed by atoms with E-state index in [0.717, 1.165) is 25.0 Å². The SMILES string of the molecule is C#CCCC1(CCC(=O)NC(c2ccccn2)C2CCC2)N=N1. The van der Waals surface area contributed by atoms with Gasteiger partial charge in [-0.1, -0.05) is 12.5 Å². The lowest BCUT2D eigenvalue weighted by atomic mass is 9.78. The Hall–Kier alpha value is -2.22. The Bertz CT molecular complexity index is 610. The molecule has 1 aliphatic carbocycles. The first-order chi connectivity index (χ1) is 11.2. The summed E-state index contributed by atoms with van der Waals surface area (Å²) in [6, 6.07) is 5.88. The summed E-state index contributed by atoms with van der Waals surface area (Å²) >= 11 is 0. The summed E-state index contributed by atoms with van der Waals surface area (Å²) in [5.74, 6) is 3.15. The number of pyridine rings is 1. The van der Waals surface area contributed by atoms with Crippen LogP contribution in [0.2, 0.25) is 0 Å². The molecule has 1 N–H and O–H groups in total. The van der Waals surface area contributed by atoms with Crippen LogP contribution in [0, 0.1) is 18.3 Å². The molecule has 0 radical (unpaired) electrons. The van der Waals surface area contributed by atoms with E-state index in [2.05, 4.69) is 26.4 Å². The number of terminal acetylenes is 1. The Morgan fingerprint density at radius 1 is 1.39 bits per heavy atom. The maximum absolute atomic E-state index is 12.4. The second kappa shape index (κ2) is 6.91. The summed E-state index contributed by atoms with van der Waals surface area (Å²) < 4.78 is 0. The van der Waals surface area contributed by atoms with Crippen LogP contribution in [0.25, 0.3) is 0 Å². The van der Waals surface area contributed by atoms with Gasteiger partial charge < -0.3 is 5.32 Å². The third-order valence-corrected chi connectivity index (χ3v) is 4.75. The molecular weight excluding hydrogens is 288 g/mol. The quantitative estimate of drug-likeness (QED) is 0.748. The predicted octanol–water partition coefficient (Wildman–Crippen LogP) is 3.39. The number of rotatable bonds is 8. The first kappa shape index (κ1) is 15.7. The van der Waals surface area contributed by atoms with E-state index in [1.54, 1.807) is 6.20 Å². The summed E-state index contributed by atoms with van der Waals surface area (Å²) in [6.07, 6.45) is 13.1. The number of carbonyl (C=O) groups is 1. The minimum atomic E-state index is -0.388. The number of nitrogens with one attached hydrogen (secondary N) is 1. The van der Waals surface area contributed by atoms with Crippen LogP contribution >= 0.6 is 0 Å². The van der Waals surface area contributed by atoms with E-state index in [9.17, 15) is 4.79 Å². The Kier molecular flexibility index (Phi) is 4.71. The lowest BCUT2D eigenvalue weighted by Crippen LogP contribution is -2.37. The molecule has 1 atom stereocenters. The molecule has 2 heterocycles. The zero-order valence-electron chi connectivity index (χ0n) is 13.2. The van der Waals surface area contributed by atoms with Crippen LogP contribution in [0.3, 0.4) is 0 Å². The van der Waals surface area contributed by atoms with Crippen molar-refractivity contribution >= 4 is 5.91 Å². The van der Waals surface area contributed by atoms with Gasteiger partial charge in [-0.05, 0) is 30.9 Å². The zero-order chi connectivity index (χ0) is 16.1. The van der Waals surface area contributed by atoms with Crippen molar-refractivity contribution in [1.29, 1.82) is 0 Å². The number of hydrogen-bond donors (Lipinski definition) is 1. The third-order valence-electron chi connectivity index (χ3n) is 4.75. The van der Waals surface area contributed by atoms with Gasteiger partial charge in [-0.2, -0.15) is 10.2 Å². The van der Waals surface area contributed by atoms with Gasteiger partial charge in [0.2, 0.25) is 5.91 Å². The molecule has 5 nitrogen and oxygen atoms in total. The molecule has 0 saturated heterocycles. The molecule has 5 heteroatoms. The van der Waals surface area contributed by atoms with E-state index >= 15 is 0 Å². The first-order valence-electron chi connectivity index (χ1n) is 8.30. The first-order valence-corrected chi connectivity index (χ1v) is 8.30. The number of carbonyl (C=O) groups excluding carboxylic acids is 1. The molecule has 1 amide bonds. The fourth-order valence-corrected chi connectivity index (χ4v) is 2.99. The number of aromatic nitrogens is 1. The minimum absolute atomic E-state index is 0.0205. The summed E-state index contributed by atoms with van der Waals surface area (Å²) in [5, 5.41) is 11.3. The van der Waals surface area contributed by atoms with Gasteiger partial charge in [0.15, 0.2) is 5.66 Å². The number of hydrogen-bond acceptors (Lipinski definition) is 4. The second-order valence-corrected chi connectivity index (χ2v) is 6.38. The fraction of sp³-hybridized carbons (Fsp3) is 0.556. The van der Waals surface area contributed by atoms with Crippen molar-refractivity contribution in [2.75, 3.05) is 0 Å². The Balaban J connectivity index is 1.53. The topological polar surface area (TPSA) is 66.7 Å². The van der Waals surface area contributed by atoms with Crippen LogP contribution in [0.4, 0.5) is 0 Å². The van der Waals surface area contributed by atoms with Crippen molar-refractivity contribution in [1.82, 2.24) is 10.3 Å². The molecule has 2 aliphatic rings. The standard InChI is InChI=1S/C18H22N4O/c1-2-3-11-18(21-22-18)12-10-16(23)20-17(14-7-6-8-14)15-9-4-5-13-19-15/h1,4-5,9,13-14,17H,3,6-8,10-12H2,(H,20,23). The minimum Gasteiger partial charge on any atom is -0.347 e. The van der Waals surface area contributed by atoms with Crippen LogP contribution in [0.5, 0.6) is 0 Å². The van der Waals surface area contributed by atoms with Crippen LogP contribution in [0.1, 0.15) is 56.7 Å². The van der Waals surface area contributed by atoms with Gasteiger partial charge in [-0.3, -0.25) is 9.78 Å². The van der Waals surface area contributed by atoms with Gasteiger partial charge in [0.1, 0.15) is 0 Å². The monoisotopic (exact) mass is 310 g/mol. The Morgan fingerprint density at radius 3 is 2.78 bits per heavy atom. The van der Waals surface area contributed by atoms with Gasteiger partial charge in [0.25, 0.3) is 0 Å². The third kappa shape index (κ3) is 3.95. The highest BCUT2D eigenvalue weighted by Gasteiger charge is 2.39. The molecule has 3 rings (SSSR count). The molecule has 0 spiro atoms. The fourth-order valence-electron chi connectivity index (χ4n) is 2.99. The lowest BCUT2D eigenvalue weighted by Gasteiger charge is -2.34. The van der Waals surface area contributed by atoms with Crippen LogP contribution in [-0.4, -0.2) is 16.6 Å². The molecule has 120 valence electrons. The molecule has 1 saturated carbocycles. The van der Waals surface area contributed by atoms with E-state index in [1.807, 2.05) is 18.2 Å². The highest BCUT2D eigenvalue weighted by atomic mass is 16.1. The van der Waals surface area contributed by atoms with Crippen molar-refractivity contribution < 1.29 is 4.79 Å². The molecule has 1 unspecified atom stereocenters. The summed E-state index contributed by atoms with van der Waals surface area (Å²) in [6.45, 7) is 0. The van der Waals surface area contributed by atoms with Crippen molar-refractivity contribution in [3.05, 3.63) is 30.1 Å². The highest BCUT2D eigenvalue weighted by Crippen LogP contribution is 2.39. The largest absolute Gasteiger partial charge is 0.347 e. The molecule has 23 heavy (non-hydrogen) atoms. The molecule has 0 aromatic carbocycles. The van der Waals surface area contributed by atoms with Crippen LogP contribution < -0.4 is 5.32 Å². The number of nitrogens with zero attached hydrogens (tertiary/aromatic N) is 3. The zero-order valence-corrected chi connectivity index (χ0v) is 13.2. The maximum atomic E-state index is 12.4. The second-order valence-electron chi connectivity index (χ2n) is 6.38. The molecule has 0 bridgehead atoms. The summed E-state index contributed by atoms with van der Waals surface area (Å²) in [5.41, 5.74) is 0.564. The Labute approximate surface area is 137 Å². The van der Waals surface area contributed by atoms with Gasteiger partial charge in [0.05, 0.1) is 11.7 Å². The number of amides is 1. The van der Waals surface area contributed by atoms with Gasteiger partial charge in [-0.15, -0.1) is 12.3 Å². The van der Waals surface area contributed by atoms with Crippen molar-refractivity contribution in [3.63, 3.8) is 0 Å². The van der Waals surface area contributed by atoms with Crippen molar-refractivity contribution in [2.45, 2.75) is 56.7 Å². The van der Waals surface area contributed by atoms with Gasteiger partial charge in [-0.25, -0.2) is 0 Å². The highest BCUT2D eigenvalue weighted by molar-refractivity contribution is 5.76. The molecule has 1 aromatic heterocycles. The van der Waals surface area contributed by atoms with E-state index < -0.39 is 0 Å². The molecule has 1 aromatic rings. The van der Waals surface area contributed by atoms with Crippen molar-refractivity contribution in [2.24, 2.45) is 16.1 Å². The Morgan fingerprint density at radius 2 is 2.22 bits per heavy atom. The predicted molar refractivity (Wildman–Crippen MR) is 87.3 cm³/mol. The van der Waals surface area contributed by atoms with Crippen LogP contribution in [0.15, 0.2) is 34.6 Å². The van der Waals surface area contributed by atoms with Crippen molar-refractivity contribution in [3.8, 4) is 12.3 Å². The summed E-state index contributed by atoms with van der Waals surface area (Å²) in [7, 11) is 0. The summed E-state index contributed by atoms with van der Waals surface area (Å²) in [4.78, 5) is 16.8. The van der Waals surface area contributed by atoms with Crippen LogP contribution in [-0.2, 0) is 4.79 Å². The van der Waals surface area contributed by atoms with E-state index in [0.29, 0.717) is 25.2 Å². The lowest BCUT2D eigenvalue weighted by molar-refractivity contribution is -0.122. The van der Waals surface area contributed by atoms with E-state index in [-0.39, 0.29) is 17.6 Å². The average molecular weight is 310 g/mol. The normalized spacial score (nSPS) is 19.4. The van der Waals surface area contributed by atoms with Gasteiger partial charge >= 0.3 is 0 Å². The average Bonchev–Trinajstić information content (AvgIpc) is 3.30. The molecule has 1 aliphatic heterocycles. The smallest absolute Gasteiger partial charge is 0.220 e.